The van der Waals surface area contributed by atoms with E-state index in [4.69, 9.17) is 0 Å². The summed E-state index contributed by atoms with van der Waals surface area (Å²) in [5.74, 6) is -1.03. The summed E-state index contributed by atoms with van der Waals surface area (Å²) >= 11 is 0. The van der Waals surface area contributed by atoms with E-state index < -0.39 is 17.7 Å². The Balaban J connectivity index is 2.56. The maximum absolute atomic E-state index is 13.0. The predicted molar refractivity (Wildman–Crippen MR) is 62.0 cm³/mol. The first kappa shape index (κ1) is 12.4. The molecule has 0 radical (unpaired) electrons. The van der Waals surface area contributed by atoms with Gasteiger partial charge in [0.2, 0.25) is 0 Å². The first-order valence-electron chi connectivity index (χ1n) is 5.14. The molecule has 0 unspecified atom stereocenters. The molecule has 2 aromatic carbocycles. The van der Waals surface area contributed by atoms with E-state index in [1.807, 2.05) is 0 Å². The van der Waals surface area contributed by atoms with Gasteiger partial charge in [-0.25, -0.2) is 8.78 Å². The molecule has 0 fully saturated rings. The topological polar surface area (TPSA) is 0 Å². The van der Waals surface area contributed by atoms with Gasteiger partial charge in [0.05, 0.1) is 0 Å². The molecule has 0 aliphatic rings. The predicted octanol–water partition coefficient (Wildman–Crippen LogP) is 4.87. The highest BCUT2D eigenvalue weighted by Crippen LogP contribution is 2.27. The molecule has 2 rings (SSSR count). The van der Waals surface area contributed by atoms with E-state index in [-0.39, 0.29) is 5.56 Å². The lowest BCUT2D eigenvalue weighted by Gasteiger charge is -2.06. The molecule has 0 atom stereocenters. The van der Waals surface area contributed by atoms with Crippen LogP contribution in [0.3, 0.4) is 0 Å². The fourth-order valence-corrected chi connectivity index (χ4v) is 1.66. The van der Waals surface area contributed by atoms with Crippen molar-refractivity contribution >= 4 is 6.08 Å². The van der Waals surface area contributed by atoms with Crippen LogP contribution >= 0.6 is 0 Å². The SMILES string of the molecule is FC(F)=Cc1cc(F)ccc1-c1ccc(F)cc1. The molecule has 18 heavy (non-hydrogen) atoms. The van der Waals surface area contributed by atoms with E-state index in [1.54, 1.807) is 0 Å². The first-order chi connectivity index (χ1) is 8.56. The monoisotopic (exact) mass is 252 g/mol. The molecule has 0 N–H and O–H groups in total. The quantitative estimate of drug-likeness (QED) is 0.669. The minimum atomic E-state index is -1.91. The minimum Gasteiger partial charge on any atom is -0.207 e. The summed E-state index contributed by atoms with van der Waals surface area (Å²) in [5.41, 5.74) is 1.02. The molecular formula is C14H8F4. The van der Waals surface area contributed by atoms with Crippen LogP contribution in [0.1, 0.15) is 5.56 Å². The fraction of sp³-hybridized carbons (Fsp3) is 0. The van der Waals surface area contributed by atoms with Crippen LogP contribution < -0.4 is 0 Å². The second kappa shape index (κ2) is 5.04. The lowest BCUT2D eigenvalue weighted by Crippen LogP contribution is -1.86. The standard InChI is InChI=1S/C14H8F4/c15-11-3-1-9(2-4-11)13-6-5-12(16)7-10(13)8-14(17)18/h1-8H. The van der Waals surface area contributed by atoms with Crippen LogP contribution in [0.2, 0.25) is 0 Å². The van der Waals surface area contributed by atoms with Crippen LogP contribution in [0.15, 0.2) is 48.5 Å². The van der Waals surface area contributed by atoms with Gasteiger partial charge in [-0.3, -0.25) is 0 Å². The Morgan fingerprint density at radius 1 is 0.833 bits per heavy atom. The largest absolute Gasteiger partial charge is 0.270 e. The molecule has 0 nitrogen and oxygen atoms in total. The second-order valence-corrected chi connectivity index (χ2v) is 3.67. The molecule has 0 amide bonds. The average Bonchev–Trinajstić information content (AvgIpc) is 2.30. The number of rotatable bonds is 2. The van der Waals surface area contributed by atoms with Gasteiger partial charge in [0.1, 0.15) is 11.6 Å². The Hall–Kier alpha value is -2.10. The number of halogens is 4. The van der Waals surface area contributed by atoms with Gasteiger partial charge in [0.25, 0.3) is 6.08 Å². The van der Waals surface area contributed by atoms with Crippen LogP contribution in [0, 0.1) is 11.6 Å². The van der Waals surface area contributed by atoms with Crippen LogP contribution in [0.25, 0.3) is 17.2 Å². The molecule has 0 aliphatic heterocycles. The van der Waals surface area contributed by atoms with E-state index >= 15 is 0 Å². The van der Waals surface area contributed by atoms with E-state index in [2.05, 4.69) is 0 Å². The Morgan fingerprint density at radius 3 is 2.06 bits per heavy atom. The van der Waals surface area contributed by atoms with Crippen molar-refractivity contribution in [3.05, 3.63) is 65.7 Å². The maximum atomic E-state index is 13.0. The van der Waals surface area contributed by atoms with Gasteiger partial charge in [-0.05, 0) is 41.0 Å². The molecule has 0 aliphatic carbocycles. The van der Waals surface area contributed by atoms with Crippen molar-refractivity contribution in [3.63, 3.8) is 0 Å². The third-order valence-corrected chi connectivity index (χ3v) is 2.43. The van der Waals surface area contributed by atoms with E-state index in [1.165, 1.54) is 36.4 Å². The van der Waals surface area contributed by atoms with Crippen molar-refractivity contribution in [1.29, 1.82) is 0 Å². The highest BCUT2D eigenvalue weighted by Gasteiger charge is 2.06. The zero-order valence-corrected chi connectivity index (χ0v) is 9.13. The highest BCUT2D eigenvalue weighted by atomic mass is 19.3. The normalized spacial score (nSPS) is 10.2. The van der Waals surface area contributed by atoms with E-state index in [0.29, 0.717) is 17.2 Å². The molecule has 2 aromatic rings. The third kappa shape index (κ3) is 2.77. The van der Waals surface area contributed by atoms with E-state index in [9.17, 15) is 17.6 Å². The highest BCUT2D eigenvalue weighted by molar-refractivity contribution is 5.75. The Kier molecular flexibility index (Phi) is 3.46. The van der Waals surface area contributed by atoms with Crippen LogP contribution in [-0.2, 0) is 0 Å². The fourth-order valence-electron chi connectivity index (χ4n) is 1.66. The van der Waals surface area contributed by atoms with Crippen molar-refractivity contribution in [1.82, 2.24) is 0 Å². The van der Waals surface area contributed by atoms with Gasteiger partial charge >= 0.3 is 0 Å². The van der Waals surface area contributed by atoms with Gasteiger partial charge in [-0.2, -0.15) is 8.78 Å². The van der Waals surface area contributed by atoms with Gasteiger partial charge in [0, 0.05) is 6.08 Å². The van der Waals surface area contributed by atoms with E-state index in [0.717, 1.165) is 6.07 Å². The van der Waals surface area contributed by atoms with Crippen molar-refractivity contribution in [2.45, 2.75) is 0 Å². The second-order valence-electron chi connectivity index (χ2n) is 3.67. The zero-order valence-electron chi connectivity index (χ0n) is 9.13. The Bertz CT molecular complexity index is 581. The summed E-state index contributed by atoms with van der Waals surface area (Å²) in [4.78, 5) is 0. The lowest BCUT2D eigenvalue weighted by atomic mass is 9.99. The van der Waals surface area contributed by atoms with Crippen molar-refractivity contribution in [2.24, 2.45) is 0 Å². The van der Waals surface area contributed by atoms with Crippen molar-refractivity contribution in [2.75, 3.05) is 0 Å². The summed E-state index contributed by atoms with van der Waals surface area (Å²) in [7, 11) is 0. The van der Waals surface area contributed by atoms with Gasteiger partial charge in [-0.15, -0.1) is 0 Å². The van der Waals surface area contributed by atoms with Gasteiger partial charge in [-0.1, -0.05) is 18.2 Å². The lowest BCUT2D eigenvalue weighted by molar-refractivity contribution is 0.429. The summed E-state index contributed by atoms with van der Waals surface area (Å²) in [6.07, 6.45) is -1.33. The molecule has 0 saturated carbocycles. The zero-order chi connectivity index (χ0) is 13.1. The minimum absolute atomic E-state index is 0.0570. The smallest absolute Gasteiger partial charge is 0.207 e. The molecule has 4 heteroatoms. The van der Waals surface area contributed by atoms with Crippen LogP contribution in [-0.4, -0.2) is 0 Å². The van der Waals surface area contributed by atoms with Crippen molar-refractivity contribution < 1.29 is 17.6 Å². The van der Waals surface area contributed by atoms with Gasteiger partial charge in [0.15, 0.2) is 0 Å². The van der Waals surface area contributed by atoms with Crippen LogP contribution in [0.5, 0.6) is 0 Å². The molecule has 0 aromatic heterocycles. The first-order valence-corrected chi connectivity index (χ1v) is 5.14. The number of hydrogen-bond donors (Lipinski definition) is 0. The number of hydrogen-bond acceptors (Lipinski definition) is 0. The molecule has 92 valence electrons. The van der Waals surface area contributed by atoms with Crippen LogP contribution in [0.4, 0.5) is 17.6 Å². The molecule has 0 saturated heterocycles. The molecule has 0 bridgehead atoms. The Morgan fingerprint density at radius 2 is 1.44 bits per heavy atom. The Labute approximate surface area is 101 Å². The third-order valence-electron chi connectivity index (χ3n) is 2.43. The van der Waals surface area contributed by atoms with Crippen molar-refractivity contribution in [3.8, 4) is 11.1 Å². The summed E-state index contributed by atoms with van der Waals surface area (Å²) in [6, 6.07) is 8.92. The average molecular weight is 252 g/mol. The summed E-state index contributed by atoms with van der Waals surface area (Å²) < 4.78 is 50.4. The maximum Gasteiger partial charge on any atom is 0.270 e. The molecule has 0 spiro atoms. The summed E-state index contributed by atoms with van der Waals surface area (Å²) in [6.45, 7) is 0. The molecular weight excluding hydrogens is 244 g/mol. The molecule has 0 heterocycles. The summed E-state index contributed by atoms with van der Waals surface area (Å²) in [5, 5.41) is 0. The van der Waals surface area contributed by atoms with Gasteiger partial charge < -0.3 is 0 Å². The number of benzene rings is 2.